The molecule has 1 heterocycles. The van der Waals surface area contributed by atoms with Gasteiger partial charge in [0.05, 0.1) is 30.7 Å². The number of hydrogen-bond donors (Lipinski definition) is 5. The fourth-order valence-corrected chi connectivity index (χ4v) is 12.5. The second-order valence-corrected chi connectivity index (χ2v) is 17.7. The van der Waals surface area contributed by atoms with Gasteiger partial charge in [-0.1, -0.05) is 46.3 Å². The number of carbonyl (C=O) groups excluding carboxylic acids is 1. The molecule has 0 spiro atoms. The molecule has 0 aromatic heterocycles. The largest absolute Gasteiger partial charge is 0.481 e. The Labute approximate surface area is 279 Å². The summed E-state index contributed by atoms with van der Waals surface area (Å²) < 4.78 is 17.4. The Balaban J connectivity index is 1.30. The molecule has 1 saturated heterocycles. The predicted octanol–water partition coefficient (Wildman–Crippen LogP) is 4.21. The number of aliphatic hydroxyl groups excluding tert-OH is 4. The van der Waals surface area contributed by atoms with Crippen LogP contribution in [0.2, 0.25) is 0 Å². The van der Waals surface area contributed by atoms with E-state index in [1.165, 1.54) is 12.7 Å². The molecule has 6 aliphatic rings. The minimum atomic E-state index is -1.48. The summed E-state index contributed by atoms with van der Waals surface area (Å²) in [5, 5.41) is 51.8. The Morgan fingerprint density at radius 1 is 0.894 bits per heavy atom. The molecule has 5 aliphatic carbocycles. The second-order valence-electron chi connectivity index (χ2n) is 17.7. The fourth-order valence-electron chi connectivity index (χ4n) is 12.5. The van der Waals surface area contributed by atoms with Gasteiger partial charge in [0.25, 0.3) is 0 Å². The molecular formula is C37H58O10. The van der Waals surface area contributed by atoms with Crippen LogP contribution >= 0.6 is 0 Å². The molecule has 1 aliphatic heterocycles. The number of ether oxygens (including phenoxy) is 3. The third kappa shape index (κ3) is 4.78. The molecule has 6 rings (SSSR count). The number of aliphatic hydroxyl groups is 4. The number of rotatable bonds is 5. The van der Waals surface area contributed by atoms with Crippen LogP contribution in [0.4, 0.5) is 0 Å². The number of hydrogen-bond acceptors (Lipinski definition) is 9. The van der Waals surface area contributed by atoms with Crippen molar-refractivity contribution < 1.29 is 49.3 Å². The van der Waals surface area contributed by atoms with Crippen molar-refractivity contribution in [3.05, 3.63) is 11.6 Å². The molecule has 14 atom stereocenters. The summed E-state index contributed by atoms with van der Waals surface area (Å²) in [5.74, 6) is -0.529. The van der Waals surface area contributed by atoms with E-state index < -0.39 is 54.1 Å². The van der Waals surface area contributed by atoms with Crippen LogP contribution in [0.1, 0.15) is 106 Å². The van der Waals surface area contributed by atoms with Gasteiger partial charge in [-0.25, -0.2) is 0 Å². The molecule has 0 unspecified atom stereocenters. The molecule has 0 radical (unpaired) electrons. The Bertz CT molecular complexity index is 1300. The van der Waals surface area contributed by atoms with E-state index in [1.54, 1.807) is 0 Å². The van der Waals surface area contributed by atoms with E-state index in [2.05, 4.69) is 40.7 Å². The van der Waals surface area contributed by atoms with Crippen LogP contribution in [0.5, 0.6) is 0 Å². The van der Waals surface area contributed by atoms with Gasteiger partial charge < -0.3 is 39.7 Å². The number of carbonyl (C=O) groups is 2. The summed E-state index contributed by atoms with van der Waals surface area (Å²) in [6, 6.07) is 0. The lowest BCUT2D eigenvalue weighted by atomic mass is 9.33. The summed E-state index contributed by atoms with van der Waals surface area (Å²) in [6.45, 7) is 13.2. The van der Waals surface area contributed by atoms with Gasteiger partial charge >= 0.3 is 11.9 Å². The number of esters is 1. The molecule has 4 saturated carbocycles. The van der Waals surface area contributed by atoms with Crippen LogP contribution in [-0.4, -0.2) is 88.0 Å². The minimum absolute atomic E-state index is 0.0226. The van der Waals surface area contributed by atoms with E-state index in [0.717, 1.165) is 38.5 Å². The van der Waals surface area contributed by atoms with Crippen molar-refractivity contribution in [2.45, 2.75) is 143 Å². The van der Waals surface area contributed by atoms with Crippen molar-refractivity contribution in [2.75, 3.05) is 13.7 Å². The Kier molecular flexibility index (Phi) is 8.62. The molecule has 47 heavy (non-hydrogen) atoms. The number of carboxylic acid groups (broad SMARTS) is 1. The number of fused-ring (bicyclic) bond motifs is 7. The van der Waals surface area contributed by atoms with E-state index in [-0.39, 0.29) is 39.7 Å². The molecule has 266 valence electrons. The van der Waals surface area contributed by atoms with E-state index in [4.69, 9.17) is 14.2 Å². The summed E-state index contributed by atoms with van der Waals surface area (Å²) in [7, 11) is 1.42. The van der Waals surface area contributed by atoms with Crippen molar-refractivity contribution in [1.29, 1.82) is 0 Å². The second kappa shape index (κ2) is 11.5. The Hall–Kier alpha value is -1.56. The van der Waals surface area contributed by atoms with Crippen molar-refractivity contribution in [2.24, 2.45) is 50.2 Å². The SMILES string of the molecule is COC(=O)[C@@]1(C)CC[C@]2(C(=O)O)CC[C@]3(C)C(=CC[C@@H]4[C@@]5(C)CC[C@H](O[C@@H]6O[C@H](CO)[C@@H](O)[C@H](O)[C@H]6O)C(C)(C)[C@@H]5CC[C@]43C)[C@H]2C1. The first-order valence-corrected chi connectivity index (χ1v) is 17.8. The molecule has 0 bridgehead atoms. The zero-order valence-corrected chi connectivity index (χ0v) is 29.3. The summed E-state index contributed by atoms with van der Waals surface area (Å²) in [4.78, 5) is 26.1. The molecule has 0 aromatic rings. The number of aliphatic carboxylic acids is 1. The molecule has 5 fully saturated rings. The molecule has 10 nitrogen and oxygen atoms in total. The van der Waals surface area contributed by atoms with Crippen LogP contribution in [0.25, 0.3) is 0 Å². The van der Waals surface area contributed by atoms with E-state index in [1.807, 2.05) is 6.92 Å². The third-order valence-corrected chi connectivity index (χ3v) is 15.6. The van der Waals surface area contributed by atoms with Gasteiger partial charge in [-0.05, 0) is 111 Å². The van der Waals surface area contributed by atoms with Crippen molar-refractivity contribution >= 4 is 11.9 Å². The van der Waals surface area contributed by atoms with Crippen LogP contribution in [0.15, 0.2) is 11.6 Å². The van der Waals surface area contributed by atoms with E-state index in [0.29, 0.717) is 37.5 Å². The van der Waals surface area contributed by atoms with Gasteiger partial charge in [0, 0.05) is 0 Å². The first-order valence-electron chi connectivity index (χ1n) is 17.8. The molecule has 5 N–H and O–H groups in total. The normalized spacial score (nSPS) is 52.1. The highest BCUT2D eigenvalue weighted by Crippen LogP contribution is 2.76. The monoisotopic (exact) mass is 662 g/mol. The van der Waals surface area contributed by atoms with Crippen molar-refractivity contribution in [3.63, 3.8) is 0 Å². The summed E-state index contributed by atoms with van der Waals surface area (Å²) >= 11 is 0. The average Bonchev–Trinajstić information content (AvgIpc) is 3.02. The lowest BCUT2D eigenvalue weighted by Crippen LogP contribution is -2.66. The van der Waals surface area contributed by atoms with Gasteiger partial charge in [-0.2, -0.15) is 0 Å². The lowest BCUT2D eigenvalue weighted by molar-refractivity contribution is -0.330. The highest BCUT2D eigenvalue weighted by molar-refractivity contribution is 5.80. The van der Waals surface area contributed by atoms with Gasteiger partial charge in [-0.15, -0.1) is 0 Å². The van der Waals surface area contributed by atoms with Crippen molar-refractivity contribution in [3.8, 4) is 0 Å². The summed E-state index contributed by atoms with van der Waals surface area (Å²) in [6.07, 6.45) is 3.01. The molecule has 0 aromatic carbocycles. The fraction of sp³-hybridized carbons (Fsp3) is 0.892. The average molecular weight is 663 g/mol. The van der Waals surface area contributed by atoms with Gasteiger partial charge in [0.15, 0.2) is 6.29 Å². The van der Waals surface area contributed by atoms with Crippen LogP contribution in [0.3, 0.4) is 0 Å². The van der Waals surface area contributed by atoms with Gasteiger partial charge in [0.1, 0.15) is 24.4 Å². The maximum atomic E-state index is 13.1. The smallest absolute Gasteiger partial charge is 0.311 e. The number of carboxylic acids is 1. The first kappa shape index (κ1) is 35.3. The molecule has 10 heteroatoms. The van der Waals surface area contributed by atoms with Crippen LogP contribution in [0, 0.1) is 50.2 Å². The zero-order chi connectivity index (χ0) is 34.5. The van der Waals surface area contributed by atoms with E-state index >= 15 is 0 Å². The third-order valence-electron chi connectivity index (χ3n) is 15.6. The molecule has 0 amide bonds. The topological polar surface area (TPSA) is 163 Å². The Morgan fingerprint density at radius 2 is 1.57 bits per heavy atom. The number of methoxy groups -OCH3 is 1. The number of allylic oxidation sites excluding steroid dienone is 2. The van der Waals surface area contributed by atoms with Gasteiger partial charge in [0.2, 0.25) is 0 Å². The van der Waals surface area contributed by atoms with Crippen LogP contribution < -0.4 is 0 Å². The predicted molar refractivity (Wildman–Crippen MR) is 172 cm³/mol. The van der Waals surface area contributed by atoms with E-state index in [9.17, 15) is 35.1 Å². The molecular weight excluding hydrogens is 604 g/mol. The lowest BCUT2D eigenvalue weighted by Gasteiger charge is -2.71. The minimum Gasteiger partial charge on any atom is -0.481 e. The highest BCUT2D eigenvalue weighted by Gasteiger charge is 2.70. The zero-order valence-electron chi connectivity index (χ0n) is 29.3. The van der Waals surface area contributed by atoms with Crippen molar-refractivity contribution in [1.82, 2.24) is 0 Å². The quantitative estimate of drug-likeness (QED) is 0.164. The maximum Gasteiger partial charge on any atom is 0.311 e. The Morgan fingerprint density at radius 3 is 2.21 bits per heavy atom. The standard InChI is InChI=1S/C37H58O10/c1-32(2)23-10-13-36(6)24(34(23,4)12-11-25(32)47-29-28(41)27(40)26(39)22(19-38)46-29)9-8-20-21-18-33(3,31(44)45-7)14-16-37(21,30(42)43)17-15-35(20,36)5/h8,21-29,38-41H,9-19H2,1-7H3,(H,42,43)/t21-,22-,23+,24-,25+,26-,27+,28-,29+,33+,34+,35-,36-,37+/m1/s1. The maximum absolute atomic E-state index is 13.1. The first-order chi connectivity index (χ1) is 21.9. The highest BCUT2D eigenvalue weighted by atomic mass is 16.7. The van der Waals surface area contributed by atoms with Crippen LogP contribution in [-0.2, 0) is 23.8 Å². The summed E-state index contributed by atoms with van der Waals surface area (Å²) in [5.41, 5.74) is -0.892. The van der Waals surface area contributed by atoms with Gasteiger partial charge in [-0.3, -0.25) is 9.59 Å².